The van der Waals surface area contributed by atoms with Gasteiger partial charge >= 0.3 is 0 Å². The van der Waals surface area contributed by atoms with Crippen LogP contribution in [0.15, 0.2) is 27.1 Å². The van der Waals surface area contributed by atoms with Crippen molar-refractivity contribution in [1.29, 1.82) is 0 Å². The lowest BCUT2D eigenvalue weighted by Crippen LogP contribution is -2.36. The summed E-state index contributed by atoms with van der Waals surface area (Å²) in [6.45, 7) is 4.11. The van der Waals surface area contributed by atoms with Crippen LogP contribution in [0.3, 0.4) is 0 Å². The van der Waals surface area contributed by atoms with Crippen LogP contribution >= 0.6 is 28.7 Å². The molecule has 0 radical (unpaired) electrons. The summed E-state index contributed by atoms with van der Waals surface area (Å²) >= 11 is 7.46. The molecule has 0 aromatic heterocycles. The van der Waals surface area contributed by atoms with Crippen LogP contribution < -0.4 is 4.74 Å². The Hall–Kier alpha value is -0.480. The fourth-order valence-electron chi connectivity index (χ4n) is 1.74. The average Bonchev–Trinajstić information content (AvgIpc) is 2.16. The van der Waals surface area contributed by atoms with Gasteiger partial charge in [0.2, 0.25) is 0 Å². The fourth-order valence-corrected chi connectivity index (χ4v) is 2.28. The third-order valence-corrected chi connectivity index (χ3v) is 3.09. The Labute approximate surface area is 103 Å². The van der Waals surface area contributed by atoms with Crippen LogP contribution in [0.1, 0.15) is 25.8 Å². The van der Waals surface area contributed by atoms with Gasteiger partial charge in [0.1, 0.15) is 11.4 Å². The predicted molar refractivity (Wildman–Crippen MR) is 69.0 cm³/mol. The first kappa shape index (κ1) is 11.0. The monoisotopic (exact) mass is 285 g/mol. The van der Waals surface area contributed by atoms with Crippen molar-refractivity contribution in [2.75, 3.05) is 0 Å². The lowest BCUT2D eigenvalue weighted by molar-refractivity contribution is 0.111. The molecule has 80 valence electrons. The van der Waals surface area contributed by atoms with Gasteiger partial charge in [-0.25, -0.2) is 4.40 Å². The normalized spacial score (nSPS) is 20.9. The third kappa shape index (κ3) is 2.21. The molecule has 0 saturated heterocycles. The van der Waals surface area contributed by atoms with Crippen molar-refractivity contribution >= 4 is 34.5 Å². The van der Waals surface area contributed by atoms with Crippen molar-refractivity contribution in [1.82, 2.24) is 0 Å². The molecule has 0 aliphatic carbocycles. The molecule has 0 saturated carbocycles. The Bertz CT molecular complexity index is 429. The Morgan fingerprint density at radius 3 is 2.87 bits per heavy atom. The van der Waals surface area contributed by atoms with Gasteiger partial charge in [-0.2, -0.15) is 0 Å². The van der Waals surface area contributed by atoms with E-state index in [1.54, 1.807) is 0 Å². The molecule has 1 heterocycles. The van der Waals surface area contributed by atoms with E-state index in [0.29, 0.717) is 0 Å². The van der Waals surface area contributed by atoms with Crippen LogP contribution in [0, 0.1) is 0 Å². The van der Waals surface area contributed by atoms with Gasteiger partial charge in [0.05, 0.1) is 5.71 Å². The summed E-state index contributed by atoms with van der Waals surface area (Å²) in [6.07, 6.45) is 0.778. The largest absolute Gasteiger partial charge is 0.487 e. The summed E-state index contributed by atoms with van der Waals surface area (Å²) in [4.78, 5) is 0. The van der Waals surface area contributed by atoms with Crippen molar-refractivity contribution < 1.29 is 4.74 Å². The first-order chi connectivity index (χ1) is 7.02. The van der Waals surface area contributed by atoms with E-state index < -0.39 is 0 Å². The molecule has 4 heteroatoms. The van der Waals surface area contributed by atoms with E-state index in [4.69, 9.17) is 4.74 Å². The number of rotatable bonds is 0. The average molecular weight is 286 g/mol. The second-order valence-corrected chi connectivity index (χ2v) is 5.34. The maximum Gasteiger partial charge on any atom is 0.129 e. The first-order valence-corrected chi connectivity index (χ1v) is 5.91. The highest BCUT2D eigenvalue weighted by molar-refractivity contribution is 9.10. The van der Waals surface area contributed by atoms with Crippen molar-refractivity contribution in [3.63, 3.8) is 0 Å². The van der Waals surface area contributed by atoms with Gasteiger partial charge in [-0.05, 0) is 44.9 Å². The molecule has 0 fully saturated rings. The number of benzene rings is 1. The van der Waals surface area contributed by atoms with Crippen molar-refractivity contribution in [3.05, 3.63) is 28.2 Å². The van der Waals surface area contributed by atoms with Crippen LogP contribution in [-0.4, -0.2) is 11.3 Å². The molecule has 1 aromatic rings. The van der Waals surface area contributed by atoms with Gasteiger partial charge < -0.3 is 4.74 Å². The second kappa shape index (κ2) is 3.83. The molecule has 0 amide bonds. The number of fused-ring (bicyclic) bond motifs is 1. The maximum atomic E-state index is 5.87. The summed E-state index contributed by atoms with van der Waals surface area (Å²) in [5, 5.41) is 0. The lowest BCUT2D eigenvalue weighted by Gasteiger charge is -2.33. The van der Waals surface area contributed by atoms with E-state index in [1.807, 2.05) is 18.2 Å². The van der Waals surface area contributed by atoms with Crippen LogP contribution in [0.25, 0.3) is 0 Å². The summed E-state index contributed by atoms with van der Waals surface area (Å²) in [6, 6.07) is 5.94. The number of thiol groups is 1. The minimum atomic E-state index is -0.206. The van der Waals surface area contributed by atoms with E-state index in [1.165, 1.54) is 0 Å². The van der Waals surface area contributed by atoms with Crippen molar-refractivity contribution in [2.45, 2.75) is 25.9 Å². The van der Waals surface area contributed by atoms with Gasteiger partial charge in [-0.15, -0.1) is 0 Å². The number of halogens is 1. The Kier molecular flexibility index (Phi) is 2.81. The zero-order valence-electron chi connectivity index (χ0n) is 8.62. The summed E-state index contributed by atoms with van der Waals surface area (Å²) in [5.74, 6) is 0.877. The van der Waals surface area contributed by atoms with E-state index in [-0.39, 0.29) is 5.60 Å². The minimum absolute atomic E-state index is 0.206. The van der Waals surface area contributed by atoms with E-state index in [9.17, 15) is 0 Å². The highest BCUT2D eigenvalue weighted by atomic mass is 79.9. The SMILES string of the molecule is CC1(C)C/C(=N\S)c2cc(Br)ccc2O1. The first-order valence-electron chi connectivity index (χ1n) is 4.72. The second-order valence-electron chi connectivity index (χ2n) is 4.23. The van der Waals surface area contributed by atoms with Crippen molar-refractivity contribution in [2.24, 2.45) is 4.40 Å². The molecule has 2 nitrogen and oxygen atoms in total. The van der Waals surface area contributed by atoms with Crippen LogP contribution in [0.2, 0.25) is 0 Å². The molecule has 1 aliphatic heterocycles. The van der Waals surface area contributed by atoms with Gasteiger partial charge in [0.15, 0.2) is 0 Å². The number of nitrogens with zero attached hydrogens (tertiary/aromatic N) is 1. The molecule has 0 unspecified atom stereocenters. The highest BCUT2D eigenvalue weighted by Crippen LogP contribution is 2.35. The van der Waals surface area contributed by atoms with Gasteiger partial charge in [0, 0.05) is 16.5 Å². The van der Waals surface area contributed by atoms with E-state index in [2.05, 4.69) is 47.0 Å². The Morgan fingerprint density at radius 1 is 1.47 bits per heavy atom. The molecule has 0 bridgehead atoms. The third-order valence-electron chi connectivity index (χ3n) is 2.35. The van der Waals surface area contributed by atoms with Crippen molar-refractivity contribution in [3.8, 4) is 5.75 Å². The maximum absolute atomic E-state index is 5.87. The molecule has 1 aromatic carbocycles. The zero-order chi connectivity index (χ0) is 11.1. The molecular formula is C11H12BrNOS. The molecule has 15 heavy (non-hydrogen) atoms. The van der Waals surface area contributed by atoms with E-state index >= 15 is 0 Å². The highest BCUT2D eigenvalue weighted by Gasteiger charge is 2.30. The summed E-state index contributed by atoms with van der Waals surface area (Å²) < 4.78 is 10.9. The Balaban J connectivity index is 2.55. The molecule has 0 N–H and O–H groups in total. The standard InChI is InChI=1S/C11H12BrNOS/c1-11(2)6-9(13-15)8-5-7(12)3-4-10(8)14-11/h3-5,15H,6H2,1-2H3/b13-9+. The number of hydrogen-bond acceptors (Lipinski definition) is 3. The molecule has 0 atom stereocenters. The fraction of sp³-hybridized carbons (Fsp3) is 0.364. The lowest BCUT2D eigenvalue weighted by atomic mass is 9.92. The quantitative estimate of drug-likeness (QED) is 0.722. The van der Waals surface area contributed by atoms with Crippen LogP contribution in [0.5, 0.6) is 5.75 Å². The molecule has 0 spiro atoms. The Morgan fingerprint density at radius 2 is 2.20 bits per heavy atom. The number of ether oxygens (including phenoxy) is 1. The zero-order valence-corrected chi connectivity index (χ0v) is 11.1. The van der Waals surface area contributed by atoms with Crippen LogP contribution in [-0.2, 0) is 0 Å². The molecular weight excluding hydrogens is 274 g/mol. The number of hydrogen-bond donors (Lipinski definition) is 1. The smallest absolute Gasteiger partial charge is 0.129 e. The molecule has 1 aliphatic rings. The summed E-state index contributed by atoms with van der Waals surface area (Å²) in [5.41, 5.74) is 1.80. The van der Waals surface area contributed by atoms with Gasteiger partial charge in [0.25, 0.3) is 0 Å². The van der Waals surface area contributed by atoms with E-state index in [0.717, 1.165) is 27.9 Å². The van der Waals surface area contributed by atoms with Gasteiger partial charge in [-0.1, -0.05) is 15.9 Å². The topological polar surface area (TPSA) is 21.6 Å². The van der Waals surface area contributed by atoms with Crippen LogP contribution in [0.4, 0.5) is 0 Å². The van der Waals surface area contributed by atoms with Gasteiger partial charge in [-0.3, -0.25) is 0 Å². The minimum Gasteiger partial charge on any atom is -0.487 e. The predicted octanol–water partition coefficient (Wildman–Crippen LogP) is 3.64. The molecule has 2 rings (SSSR count). The summed E-state index contributed by atoms with van der Waals surface area (Å²) in [7, 11) is 0.